The molecule has 10 saturated carbocycles. The number of hydrogen-bond donors (Lipinski definition) is 0. The van der Waals surface area contributed by atoms with E-state index in [1.807, 2.05) is 0 Å². The molecule has 10 rings (SSSR count). The summed E-state index contributed by atoms with van der Waals surface area (Å²) in [6.07, 6.45) is 56.8. The molecule has 0 aromatic rings. The van der Waals surface area contributed by atoms with Crippen molar-refractivity contribution in [2.75, 3.05) is 0 Å². The maximum Gasteiger partial charge on any atom is 0.0147 e. The van der Waals surface area contributed by atoms with Gasteiger partial charge in [-0.2, -0.15) is 0 Å². The van der Waals surface area contributed by atoms with Crippen LogP contribution < -0.4 is 0 Å². The first-order valence-corrected chi connectivity index (χ1v) is 26.7. The van der Waals surface area contributed by atoms with Crippen molar-refractivity contribution in [2.45, 2.75) is 292 Å². The van der Waals surface area contributed by atoms with Gasteiger partial charge in [0.25, 0.3) is 0 Å². The van der Waals surface area contributed by atoms with Crippen molar-refractivity contribution in [1.29, 1.82) is 0 Å². The Hall–Kier alpha value is -0.120. The fourth-order valence-corrected chi connectivity index (χ4v) is 18.1. The summed E-state index contributed by atoms with van der Waals surface area (Å²) in [5.41, 5.74) is 0. The molecule has 0 aromatic heterocycles. The van der Waals surface area contributed by atoms with Gasteiger partial charge in [-0.15, -0.1) is 0 Å². The van der Waals surface area contributed by atoms with Gasteiger partial charge in [0.05, 0.1) is 0 Å². The Morgan fingerprint density at radius 1 is 0.218 bits per heavy atom. The summed E-state index contributed by atoms with van der Waals surface area (Å²) < 4.78 is 0. The molecule has 3 heteroatoms. The van der Waals surface area contributed by atoms with Crippen LogP contribution in [0.15, 0.2) is 0 Å². The van der Waals surface area contributed by atoms with Crippen LogP contribution in [0.25, 0.3) is 0 Å². The van der Waals surface area contributed by atoms with Crippen LogP contribution in [0.3, 0.4) is 0 Å². The molecule has 10 aliphatic rings. The normalized spacial score (nSPS) is 41.2. The Morgan fingerprint density at radius 2 is 0.491 bits per heavy atom. The SMILES string of the molecule is C1CCC(N(C2CCCCC2)C2CCC3CCC4C5C(CCC2C35)C(N(C2CCCCC2)C2CCCCC2)CC4N(C2CCCCC2)C2CCCCC2)CC1. The van der Waals surface area contributed by atoms with Crippen molar-refractivity contribution in [3.05, 3.63) is 0 Å². The maximum atomic E-state index is 3.48. The average molecular weight is 756 g/mol. The summed E-state index contributed by atoms with van der Waals surface area (Å²) in [6.45, 7) is 0. The van der Waals surface area contributed by atoms with Crippen LogP contribution in [0.2, 0.25) is 0 Å². The number of rotatable bonds is 9. The lowest BCUT2D eigenvalue weighted by Crippen LogP contribution is -2.69. The van der Waals surface area contributed by atoms with Gasteiger partial charge in [0, 0.05) is 54.4 Å². The lowest BCUT2D eigenvalue weighted by Gasteiger charge is -2.67. The third kappa shape index (κ3) is 7.97. The van der Waals surface area contributed by atoms with Crippen molar-refractivity contribution < 1.29 is 0 Å². The molecule has 9 atom stereocenters. The molecule has 55 heavy (non-hydrogen) atoms. The van der Waals surface area contributed by atoms with Crippen LogP contribution in [0.5, 0.6) is 0 Å². The molecule has 0 radical (unpaired) electrons. The van der Waals surface area contributed by atoms with Gasteiger partial charge in [-0.1, -0.05) is 116 Å². The van der Waals surface area contributed by atoms with Gasteiger partial charge >= 0.3 is 0 Å². The van der Waals surface area contributed by atoms with Crippen LogP contribution in [0.1, 0.15) is 238 Å². The molecule has 0 aromatic carbocycles. The molecule has 10 aliphatic carbocycles. The number of nitrogens with zero attached hydrogens (tertiary/aromatic N) is 3. The first-order chi connectivity index (χ1) is 27.3. The van der Waals surface area contributed by atoms with Crippen molar-refractivity contribution >= 4 is 0 Å². The molecule has 0 heterocycles. The van der Waals surface area contributed by atoms with Crippen LogP contribution in [0, 0.1) is 35.5 Å². The predicted octanol–water partition coefficient (Wildman–Crippen LogP) is 13.5. The van der Waals surface area contributed by atoms with E-state index in [0.717, 1.165) is 89.9 Å². The zero-order chi connectivity index (χ0) is 36.6. The minimum atomic E-state index is 0.889. The molecule has 0 spiro atoms. The minimum Gasteiger partial charge on any atom is -0.294 e. The lowest BCUT2D eigenvalue weighted by molar-refractivity contribution is -0.176. The molecule has 0 saturated heterocycles. The molecule has 10 fully saturated rings. The van der Waals surface area contributed by atoms with Gasteiger partial charge in [0.2, 0.25) is 0 Å². The Morgan fingerprint density at radius 3 is 0.836 bits per heavy atom. The van der Waals surface area contributed by atoms with Crippen LogP contribution in [-0.4, -0.2) is 69.1 Å². The highest BCUT2D eigenvalue weighted by atomic mass is 15.3. The van der Waals surface area contributed by atoms with Gasteiger partial charge in [-0.25, -0.2) is 0 Å². The second-order valence-electron chi connectivity index (χ2n) is 22.7. The lowest BCUT2D eigenvalue weighted by atomic mass is 9.45. The molecule has 9 unspecified atom stereocenters. The first kappa shape index (κ1) is 39.0. The third-order valence-corrected chi connectivity index (χ3v) is 20.1. The van der Waals surface area contributed by atoms with Gasteiger partial charge in [-0.3, -0.25) is 14.7 Å². The van der Waals surface area contributed by atoms with E-state index < -0.39 is 0 Å². The minimum absolute atomic E-state index is 0.889. The smallest absolute Gasteiger partial charge is 0.0147 e. The van der Waals surface area contributed by atoms with Crippen molar-refractivity contribution in [3.8, 4) is 0 Å². The third-order valence-electron chi connectivity index (χ3n) is 20.1. The Balaban J connectivity index is 1.04. The molecular weight excluding hydrogens is 667 g/mol. The van der Waals surface area contributed by atoms with Crippen molar-refractivity contribution in [3.63, 3.8) is 0 Å². The van der Waals surface area contributed by atoms with Gasteiger partial charge in [-0.05, 0) is 158 Å². The quantitative estimate of drug-likeness (QED) is 0.232. The zero-order valence-electron chi connectivity index (χ0n) is 36.2. The van der Waals surface area contributed by atoms with E-state index in [1.165, 1.54) is 193 Å². The van der Waals surface area contributed by atoms with E-state index in [2.05, 4.69) is 14.7 Å². The van der Waals surface area contributed by atoms with Crippen LogP contribution in [0.4, 0.5) is 0 Å². The summed E-state index contributed by atoms with van der Waals surface area (Å²) in [6, 6.07) is 8.16. The van der Waals surface area contributed by atoms with Gasteiger partial charge < -0.3 is 0 Å². The van der Waals surface area contributed by atoms with E-state index in [-0.39, 0.29) is 0 Å². The highest BCUT2D eigenvalue weighted by Gasteiger charge is 2.61. The summed E-state index contributed by atoms with van der Waals surface area (Å²) >= 11 is 0. The summed E-state index contributed by atoms with van der Waals surface area (Å²) in [5, 5.41) is 0. The Labute approximate surface area is 341 Å². The van der Waals surface area contributed by atoms with Gasteiger partial charge in [0.1, 0.15) is 0 Å². The summed E-state index contributed by atoms with van der Waals surface area (Å²) in [4.78, 5) is 10.4. The largest absolute Gasteiger partial charge is 0.294 e. The van der Waals surface area contributed by atoms with Crippen molar-refractivity contribution in [1.82, 2.24) is 14.7 Å². The molecule has 3 nitrogen and oxygen atoms in total. The molecule has 0 bridgehead atoms. The Bertz CT molecular complexity index is 1060. The summed E-state index contributed by atoms with van der Waals surface area (Å²) in [5.74, 6) is 6.17. The molecule has 0 amide bonds. The zero-order valence-corrected chi connectivity index (χ0v) is 36.2. The topological polar surface area (TPSA) is 9.72 Å². The van der Waals surface area contributed by atoms with E-state index in [1.54, 1.807) is 44.9 Å². The second-order valence-corrected chi connectivity index (χ2v) is 22.7. The van der Waals surface area contributed by atoms with Crippen molar-refractivity contribution in [2.24, 2.45) is 35.5 Å². The Kier molecular flexibility index (Phi) is 12.9. The van der Waals surface area contributed by atoms with E-state index >= 15 is 0 Å². The highest BCUT2D eigenvalue weighted by Crippen LogP contribution is 2.63. The first-order valence-electron chi connectivity index (χ1n) is 26.7. The summed E-state index contributed by atoms with van der Waals surface area (Å²) in [7, 11) is 0. The molecule has 0 N–H and O–H groups in total. The van der Waals surface area contributed by atoms with E-state index in [4.69, 9.17) is 0 Å². The fraction of sp³-hybridized carbons (Fsp3) is 1.00. The predicted molar refractivity (Wildman–Crippen MR) is 231 cm³/mol. The highest BCUT2D eigenvalue weighted by molar-refractivity contribution is 5.13. The average Bonchev–Trinajstić information content (AvgIpc) is 3.26. The maximum absolute atomic E-state index is 3.48. The monoisotopic (exact) mass is 756 g/mol. The standard InChI is InChI=1S/C52H89N3/c1-7-19-39(20-8-1)53(40-21-9-2-10-22-40)48-36-32-38-31-33-46-49(54(41-23-11-3-12-24-41)42-25-13-4-14-26-42)37-50(47-35-34-45(48)51(38)52(46)47)55(43-27-15-5-16-28-43)44-29-17-6-18-30-44/h38-52H,1-37H2. The second kappa shape index (κ2) is 18.2. The fourth-order valence-electron chi connectivity index (χ4n) is 18.1. The van der Waals surface area contributed by atoms with Gasteiger partial charge in [0.15, 0.2) is 0 Å². The molecular formula is C52H89N3. The van der Waals surface area contributed by atoms with E-state index in [0.29, 0.717) is 0 Å². The molecule has 0 aliphatic heterocycles. The number of hydrogen-bond acceptors (Lipinski definition) is 3. The van der Waals surface area contributed by atoms with Crippen LogP contribution in [-0.2, 0) is 0 Å². The van der Waals surface area contributed by atoms with E-state index in [9.17, 15) is 0 Å². The molecule has 312 valence electrons. The van der Waals surface area contributed by atoms with Crippen LogP contribution >= 0.6 is 0 Å².